The minimum absolute atomic E-state index is 0.123. The van der Waals surface area contributed by atoms with Crippen molar-refractivity contribution < 1.29 is 15.0 Å². The molecule has 3 rings (SSSR count). The summed E-state index contributed by atoms with van der Waals surface area (Å²) in [5.74, 6) is -0.745. The van der Waals surface area contributed by atoms with Crippen LogP contribution in [0.4, 0.5) is 0 Å². The SMILES string of the molecule is C[C](C)CC(=O)N1CCN(C(O)(O)c2cccc3c2CCCC3)CC1. The number of aryl methyl sites for hydroxylation is 1. The lowest BCUT2D eigenvalue weighted by Crippen LogP contribution is -2.57. The Balaban J connectivity index is 1.71. The monoisotopic (exact) mass is 345 g/mol. The molecule has 137 valence electrons. The molecule has 0 spiro atoms. The van der Waals surface area contributed by atoms with Gasteiger partial charge < -0.3 is 15.1 Å². The lowest BCUT2D eigenvalue weighted by Gasteiger charge is -2.42. The van der Waals surface area contributed by atoms with Crippen molar-refractivity contribution >= 4 is 5.91 Å². The summed E-state index contributed by atoms with van der Waals surface area (Å²) in [6.45, 7) is 5.91. The van der Waals surface area contributed by atoms with Gasteiger partial charge in [-0.2, -0.15) is 0 Å². The van der Waals surface area contributed by atoms with Crippen LogP contribution in [0.2, 0.25) is 0 Å². The Bertz CT molecular complexity index is 619. The third kappa shape index (κ3) is 3.89. The first-order chi connectivity index (χ1) is 11.9. The van der Waals surface area contributed by atoms with E-state index < -0.39 is 5.91 Å². The molecule has 1 aromatic rings. The number of aliphatic hydroxyl groups is 2. The average molecular weight is 345 g/mol. The molecule has 0 atom stereocenters. The van der Waals surface area contributed by atoms with Gasteiger partial charge in [0, 0.05) is 38.2 Å². The maximum absolute atomic E-state index is 12.2. The lowest BCUT2D eigenvalue weighted by atomic mass is 9.86. The van der Waals surface area contributed by atoms with Gasteiger partial charge in [0.2, 0.25) is 5.91 Å². The molecule has 5 heteroatoms. The highest BCUT2D eigenvalue weighted by molar-refractivity contribution is 5.78. The molecule has 1 amide bonds. The Labute approximate surface area is 150 Å². The van der Waals surface area contributed by atoms with Crippen LogP contribution in [0.3, 0.4) is 0 Å². The Hall–Kier alpha value is -1.43. The van der Waals surface area contributed by atoms with Gasteiger partial charge >= 0.3 is 0 Å². The summed E-state index contributed by atoms with van der Waals surface area (Å²) in [5, 5.41) is 21.8. The Morgan fingerprint density at radius 1 is 1.08 bits per heavy atom. The third-order valence-electron chi connectivity index (χ3n) is 5.34. The van der Waals surface area contributed by atoms with Crippen molar-refractivity contribution in [1.29, 1.82) is 0 Å². The van der Waals surface area contributed by atoms with E-state index in [1.54, 1.807) is 4.90 Å². The van der Waals surface area contributed by atoms with Gasteiger partial charge in [0.1, 0.15) is 0 Å². The highest BCUT2D eigenvalue weighted by Crippen LogP contribution is 2.33. The molecule has 1 aliphatic heterocycles. The predicted molar refractivity (Wildman–Crippen MR) is 96.6 cm³/mol. The fourth-order valence-electron chi connectivity index (χ4n) is 3.95. The molecular weight excluding hydrogens is 316 g/mol. The van der Waals surface area contributed by atoms with E-state index in [2.05, 4.69) is 6.07 Å². The molecule has 25 heavy (non-hydrogen) atoms. The smallest absolute Gasteiger partial charge is 0.253 e. The second-order valence-electron chi connectivity index (χ2n) is 7.54. The molecule has 1 aromatic carbocycles. The van der Waals surface area contributed by atoms with Crippen LogP contribution in [-0.4, -0.2) is 52.1 Å². The molecule has 0 saturated carbocycles. The molecule has 1 aliphatic carbocycles. The molecular formula is C20H29N2O3. The number of piperazine rings is 1. The summed E-state index contributed by atoms with van der Waals surface area (Å²) in [5.41, 5.74) is 2.94. The van der Waals surface area contributed by atoms with Crippen LogP contribution in [0.5, 0.6) is 0 Å². The second-order valence-corrected chi connectivity index (χ2v) is 7.54. The van der Waals surface area contributed by atoms with Gasteiger partial charge in [-0.25, -0.2) is 4.90 Å². The first-order valence-electron chi connectivity index (χ1n) is 9.27. The number of carbonyl (C=O) groups excluding carboxylic acids is 1. The van der Waals surface area contributed by atoms with Crippen LogP contribution in [-0.2, 0) is 23.5 Å². The van der Waals surface area contributed by atoms with Gasteiger partial charge in [-0.3, -0.25) is 4.79 Å². The standard InChI is InChI=1S/C20H29N2O3/c1-15(2)14-19(23)21-10-12-22(13-11-21)20(24,25)18-9-5-7-16-6-3-4-8-17(16)18/h5,7,9,24-25H,3-4,6,8,10-14H2,1-2H3. The molecule has 2 aliphatic rings. The summed E-state index contributed by atoms with van der Waals surface area (Å²) in [6.07, 6.45) is 4.63. The van der Waals surface area contributed by atoms with Crippen LogP contribution in [0.25, 0.3) is 0 Å². The van der Waals surface area contributed by atoms with E-state index in [0.717, 1.165) is 37.2 Å². The van der Waals surface area contributed by atoms with Gasteiger partial charge in [-0.15, -0.1) is 0 Å². The number of nitrogens with zero attached hydrogens (tertiary/aromatic N) is 2. The largest absolute Gasteiger partial charge is 0.349 e. The minimum Gasteiger partial charge on any atom is -0.349 e. The molecule has 0 bridgehead atoms. The van der Waals surface area contributed by atoms with Gasteiger partial charge in [0.25, 0.3) is 5.91 Å². The maximum Gasteiger partial charge on any atom is 0.253 e. The molecule has 2 N–H and O–H groups in total. The Kier molecular flexibility index (Phi) is 5.46. The first kappa shape index (κ1) is 18.4. The molecule has 1 radical (unpaired) electrons. The van der Waals surface area contributed by atoms with Crippen LogP contribution in [0, 0.1) is 5.92 Å². The Morgan fingerprint density at radius 2 is 1.76 bits per heavy atom. The van der Waals surface area contributed by atoms with Gasteiger partial charge in [0.05, 0.1) is 0 Å². The molecule has 1 saturated heterocycles. The summed E-state index contributed by atoms with van der Waals surface area (Å²) < 4.78 is 0. The van der Waals surface area contributed by atoms with Crippen molar-refractivity contribution in [3.8, 4) is 0 Å². The normalized spacial score (nSPS) is 19.2. The zero-order valence-electron chi connectivity index (χ0n) is 15.3. The molecule has 1 fully saturated rings. The highest BCUT2D eigenvalue weighted by atomic mass is 16.5. The van der Waals surface area contributed by atoms with Crippen molar-refractivity contribution in [2.75, 3.05) is 26.2 Å². The van der Waals surface area contributed by atoms with Gasteiger partial charge in [-0.05, 0) is 42.7 Å². The summed E-state index contributed by atoms with van der Waals surface area (Å²) in [7, 11) is 0. The minimum atomic E-state index is -1.97. The predicted octanol–water partition coefficient (Wildman–Crippen LogP) is 1.81. The zero-order valence-corrected chi connectivity index (χ0v) is 15.3. The fourth-order valence-corrected chi connectivity index (χ4v) is 3.95. The number of hydrogen-bond donors (Lipinski definition) is 2. The maximum atomic E-state index is 12.2. The first-order valence-corrected chi connectivity index (χ1v) is 9.27. The van der Waals surface area contributed by atoms with Crippen LogP contribution < -0.4 is 0 Å². The number of carbonyl (C=O) groups is 1. The van der Waals surface area contributed by atoms with E-state index in [1.807, 2.05) is 30.9 Å². The number of amides is 1. The molecule has 5 nitrogen and oxygen atoms in total. The van der Waals surface area contributed by atoms with Crippen molar-refractivity contribution in [1.82, 2.24) is 9.80 Å². The van der Waals surface area contributed by atoms with E-state index in [-0.39, 0.29) is 5.91 Å². The summed E-state index contributed by atoms with van der Waals surface area (Å²) in [6, 6.07) is 5.84. The van der Waals surface area contributed by atoms with Gasteiger partial charge in [0.15, 0.2) is 0 Å². The van der Waals surface area contributed by atoms with Gasteiger partial charge in [-0.1, -0.05) is 32.0 Å². The second kappa shape index (κ2) is 7.44. The summed E-state index contributed by atoms with van der Waals surface area (Å²) in [4.78, 5) is 15.7. The van der Waals surface area contributed by atoms with E-state index in [9.17, 15) is 15.0 Å². The van der Waals surface area contributed by atoms with Crippen molar-refractivity contribution in [3.63, 3.8) is 0 Å². The van der Waals surface area contributed by atoms with E-state index in [4.69, 9.17) is 0 Å². The van der Waals surface area contributed by atoms with Crippen LogP contribution >= 0.6 is 0 Å². The van der Waals surface area contributed by atoms with E-state index >= 15 is 0 Å². The average Bonchev–Trinajstić information content (AvgIpc) is 2.60. The quantitative estimate of drug-likeness (QED) is 0.817. The third-order valence-corrected chi connectivity index (χ3v) is 5.34. The van der Waals surface area contributed by atoms with Crippen molar-refractivity contribution in [3.05, 3.63) is 40.8 Å². The van der Waals surface area contributed by atoms with Crippen LogP contribution in [0.1, 0.15) is 49.8 Å². The van der Waals surface area contributed by atoms with E-state index in [0.29, 0.717) is 38.2 Å². The van der Waals surface area contributed by atoms with Crippen LogP contribution in [0.15, 0.2) is 18.2 Å². The topological polar surface area (TPSA) is 64.0 Å². The molecule has 0 aromatic heterocycles. The van der Waals surface area contributed by atoms with E-state index in [1.165, 1.54) is 5.56 Å². The number of rotatable bonds is 4. The highest BCUT2D eigenvalue weighted by Gasteiger charge is 2.39. The van der Waals surface area contributed by atoms with Crippen molar-refractivity contribution in [2.45, 2.75) is 51.9 Å². The number of hydrogen-bond acceptors (Lipinski definition) is 4. The number of benzene rings is 1. The lowest BCUT2D eigenvalue weighted by molar-refractivity contribution is -0.281. The fraction of sp³-hybridized carbons (Fsp3) is 0.600. The Morgan fingerprint density at radius 3 is 2.44 bits per heavy atom. The zero-order chi connectivity index (χ0) is 18.0. The summed E-state index contributed by atoms with van der Waals surface area (Å²) >= 11 is 0. The molecule has 1 heterocycles. The number of fused-ring (bicyclic) bond motifs is 1. The van der Waals surface area contributed by atoms with Crippen molar-refractivity contribution in [2.24, 2.45) is 0 Å². The molecule has 0 unspecified atom stereocenters.